The molecule has 0 amide bonds. The van der Waals surface area contributed by atoms with E-state index in [1.165, 1.54) is 6.20 Å². The zero-order chi connectivity index (χ0) is 16.2. The highest BCUT2D eigenvalue weighted by molar-refractivity contribution is 5.89. The zero-order valence-corrected chi connectivity index (χ0v) is 12.6. The van der Waals surface area contributed by atoms with Gasteiger partial charge in [-0.2, -0.15) is 10.5 Å². The van der Waals surface area contributed by atoms with Gasteiger partial charge in [0.15, 0.2) is 0 Å². The zero-order valence-electron chi connectivity index (χ0n) is 12.6. The number of hydrogen-bond donors (Lipinski definition) is 1. The predicted octanol–water partition coefficient (Wildman–Crippen LogP) is 3.77. The fourth-order valence-electron chi connectivity index (χ4n) is 1.72. The number of nitrogens with zero attached hydrogens (tertiary/aromatic N) is 2. The minimum atomic E-state index is -0.340. The summed E-state index contributed by atoms with van der Waals surface area (Å²) in [6.07, 6.45) is 5.57. The van der Waals surface area contributed by atoms with Gasteiger partial charge in [-0.05, 0) is 30.7 Å². The summed E-state index contributed by atoms with van der Waals surface area (Å²) in [7, 11) is 0. The molecule has 0 spiro atoms. The van der Waals surface area contributed by atoms with E-state index in [1.807, 2.05) is 0 Å². The van der Waals surface area contributed by atoms with Crippen LogP contribution >= 0.6 is 0 Å². The van der Waals surface area contributed by atoms with E-state index in [0.717, 1.165) is 25.7 Å². The molecule has 114 valence electrons. The average molecular weight is 297 g/mol. The van der Waals surface area contributed by atoms with E-state index in [-0.39, 0.29) is 11.5 Å². The number of nitriles is 2. The van der Waals surface area contributed by atoms with E-state index in [4.69, 9.17) is 15.3 Å². The Labute approximate surface area is 130 Å². The van der Waals surface area contributed by atoms with Gasteiger partial charge in [-0.15, -0.1) is 0 Å². The second kappa shape index (κ2) is 10.0. The standard InChI is InChI=1S/C17H19N3O2/c1-2-3-4-5-10-22-17(21)15-6-8-16(9-7-15)20-13-14(11-18)12-19/h6-9,13,20H,2-5,10H2,1H3. The lowest BCUT2D eigenvalue weighted by Gasteiger charge is -2.06. The van der Waals surface area contributed by atoms with Gasteiger partial charge in [0.05, 0.1) is 12.2 Å². The third kappa shape index (κ3) is 6.11. The quantitative estimate of drug-likeness (QED) is 0.448. The minimum Gasteiger partial charge on any atom is -0.462 e. The van der Waals surface area contributed by atoms with E-state index in [1.54, 1.807) is 36.4 Å². The number of anilines is 1. The molecule has 0 atom stereocenters. The van der Waals surface area contributed by atoms with Crippen molar-refractivity contribution in [3.8, 4) is 12.1 Å². The Kier molecular flexibility index (Phi) is 7.86. The predicted molar refractivity (Wildman–Crippen MR) is 83.8 cm³/mol. The van der Waals surface area contributed by atoms with Crippen molar-refractivity contribution < 1.29 is 9.53 Å². The molecule has 5 heteroatoms. The fourth-order valence-corrected chi connectivity index (χ4v) is 1.72. The van der Waals surface area contributed by atoms with Crippen LogP contribution in [0.3, 0.4) is 0 Å². The molecular formula is C17H19N3O2. The van der Waals surface area contributed by atoms with Crippen LogP contribution in [-0.2, 0) is 4.74 Å². The maximum Gasteiger partial charge on any atom is 0.338 e. The lowest BCUT2D eigenvalue weighted by atomic mass is 10.2. The first kappa shape index (κ1) is 17.3. The van der Waals surface area contributed by atoms with Gasteiger partial charge >= 0.3 is 5.97 Å². The number of benzene rings is 1. The molecule has 0 aliphatic rings. The monoisotopic (exact) mass is 297 g/mol. The number of carbonyl (C=O) groups excluding carboxylic acids is 1. The molecule has 0 aliphatic heterocycles. The summed E-state index contributed by atoms with van der Waals surface area (Å²) in [5.41, 5.74) is 1.14. The summed E-state index contributed by atoms with van der Waals surface area (Å²) in [6.45, 7) is 2.57. The molecule has 0 fully saturated rings. The Hall–Kier alpha value is -2.79. The van der Waals surface area contributed by atoms with Crippen molar-refractivity contribution in [1.29, 1.82) is 10.5 Å². The van der Waals surface area contributed by atoms with Crippen LogP contribution in [-0.4, -0.2) is 12.6 Å². The molecule has 0 radical (unpaired) electrons. The van der Waals surface area contributed by atoms with Crippen molar-refractivity contribution in [2.75, 3.05) is 11.9 Å². The van der Waals surface area contributed by atoms with Crippen LogP contribution in [0.1, 0.15) is 43.0 Å². The van der Waals surface area contributed by atoms with Gasteiger partial charge in [-0.3, -0.25) is 0 Å². The second-order valence-electron chi connectivity index (χ2n) is 4.70. The molecule has 1 N–H and O–H groups in total. The molecular weight excluding hydrogens is 278 g/mol. The van der Waals surface area contributed by atoms with Gasteiger partial charge < -0.3 is 10.1 Å². The molecule has 22 heavy (non-hydrogen) atoms. The molecule has 0 heterocycles. The van der Waals surface area contributed by atoms with E-state index in [2.05, 4.69) is 12.2 Å². The summed E-state index contributed by atoms with van der Waals surface area (Å²) in [5, 5.41) is 20.1. The van der Waals surface area contributed by atoms with E-state index < -0.39 is 0 Å². The van der Waals surface area contributed by atoms with Crippen molar-refractivity contribution in [3.05, 3.63) is 41.6 Å². The number of ether oxygens (including phenoxy) is 1. The number of unbranched alkanes of at least 4 members (excludes halogenated alkanes) is 3. The van der Waals surface area contributed by atoms with E-state index in [0.29, 0.717) is 17.9 Å². The first-order chi connectivity index (χ1) is 10.7. The molecule has 0 aromatic heterocycles. The van der Waals surface area contributed by atoms with Gasteiger partial charge in [0.2, 0.25) is 0 Å². The molecule has 1 aromatic carbocycles. The normalized spacial score (nSPS) is 9.23. The van der Waals surface area contributed by atoms with Crippen LogP contribution in [0.5, 0.6) is 0 Å². The van der Waals surface area contributed by atoms with Gasteiger partial charge in [0.25, 0.3) is 0 Å². The third-order valence-electron chi connectivity index (χ3n) is 2.98. The minimum absolute atomic E-state index is 0.0180. The van der Waals surface area contributed by atoms with Crippen LogP contribution < -0.4 is 5.32 Å². The van der Waals surface area contributed by atoms with Gasteiger partial charge in [-0.1, -0.05) is 26.2 Å². The fraction of sp³-hybridized carbons (Fsp3) is 0.353. The molecule has 1 rings (SSSR count). The largest absolute Gasteiger partial charge is 0.462 e. The van der Waals surface area contributed by atoms with Crippen molar-refractivity contribution in [2.24, 2.45) is 0 Å². The molecule has 0 saturated carbocycles. The topological polar surface area (TPSA) is 85.9 Å². The van der Waals surface area contributed by atoms with Crippen molar-refractivity contribution in [1.82, 2.24) is 0 Å². The van der Waals surface area contributed by atoms with Gasteiger partial charge in [0, 0.05) is 11.9 Å². The summed E-state index contributed by atoms with van der Waals surface area (Å²) in [6, 6.07) is 10.2. The molecule has 0 aliphatic carbocycles. The lowest BCUT2D eigenvalue weighted by molar-refractivity contribution is 0.0498. The maximum atomic E-state index is 11.8. The number of nitrogens with one attached hydrogen (secondary N) is 1. The summed E-state index contributed by atoms with van der Waals surface area (Å²) in [4.78, 5) is 11.8. The Bertz CT molecular complexity index is 576. The van der Waals surface area contributed by atoms with Gasteiger partial charge in [-0.25, -0.2) is 4.79 Å². The third-order valence-corrected chi connectivity index (χ3v) is 2.98. The number of hydrogen-bond acceptors (Lipinski definition) is 5. The van der Waals surface area contributed by atoms with Crippen molar-refractivity contribution >= 4 is 11.7 Å². The number of esters is 1. The molecule has 0 saturated heterocycles. The maximum absolute atomic E-state index is 11.8. The number of rotatable bonds is 8. The van der Waals surface area contributed by atoms with Crippen LogP contribution in [0.4, 0.5) is 5.69 Å². The average Bonchev–Trinajstić information content (AvgIpc) is 2.56. The number of allylic oxidation sites excluding steroid dienone is 1. The first-order valence-corrected chi connectivity index (χ1v) is 7.25. The van der Waals surface area contributed by atoms with Crippen molar-refractivity contribution in [2.45, 2.75) is 32.6 Å². The lowest BCUT2D eigenvalue weighted by Crippen LogP contribution is -2.06. The Morgan fingerprint density at radius 2 is 1.86 bits per heavy atom. The Morgan fingerprint density at radius 1 is 1.18 bits per heavy atom. The smallest absolute Gasteiger partial charge is 0.338 e. The van der Waals surface area contributed by atoms with E-state index in [9.17, 15) is 4.79 Å². The van der Waals surface area contributed by atoms with Crippen LogP contribution in [0.25, 0.3) is 0 Å². The summed E-state index contributed by atoms with van der Waals surface area (Å²) < 4.78 is 5.19. The van der Waals surface area contributed by atoms with Crippen molar-refractivity contribution in [3.63, 3.8) is 0 Å². The Balaban J connectivity index is 2.47. The van der Waals surface area contributed by atoms with Gasteiger partial charge in [0.1, 0.15) is 17.7 Å². The SMILES string of the molecule is CCCCCCOC(=O)c1ccc(NC=C(C#N)C#N)cc1. The molecule has 5 nitrogen and oxygen atoms in total. The van der Waals surface area contributed by atoms with E-state index >= 15 is 0 Å². The highest BCUT2D eigenvalue weighted by atomic mass is 16.5. The Morgan fingerprint density at radius 3 is 2.45 bits per heavy atom. The molecule has 0 bridgehead atoms. The first-order valence-electron chi connectivity index (χ1n) is 7.25. The summed E-state index contributed by atoms with van der Waals surface area (Å²) in [5.74, 6) is -0.340. The van der Waals surface area contributed by atoms with Crippen LogP contribution in [0.2, 0.25) is 0 Å². The highest BCUT2D eigenvalue weighted by Crippen LogP contribution is 2.11. The van der Waals surface area contributed by atoms with Crippen LogP contribution in [0.15, 0.2) is 36.0 Å². The molecule has 0 unspecified atom stereocenters. The summed E-state index contributed by atoms with van der Waals surface area (Å²) >= 11 is 0. The highest BCUT2D eigenvalue weighted by Gasteiger charge is 2.06. The second-order valence-corrected chi connectivity index (χ2v) is 4.70. The molecule has 1 aromatic rings. The van der Waals surface area contributed by atoms with Crippen LogP contribution in [0, 0.1) is 22.7 Å². The number of carbonyl (C=O) groups is 1.